The number of carbonyl (C=O) groups excluding carboxylic acids is 1. The molecule has 2 unspecified atom stereocenters. The molecule has 1 aliphatic carbocycles. The number of hydrogen-bond acceptors (Lipinski definition) is 3. The lowest BCUT2D eigenvalue weighted by Crippen LogP contribution is -2.56. The Morgan fingerprint density at radius 3 is 2.59 bits per heavy atom. The Morgan fingerprint density at radius 2 is 1.94 bits per heavy atom. The predicted molar refractivity (Wildman–Crippen MR) is 64.2 cm³/mol. The third-order valence-electron chi connectivity index (χ3n) is 3.93. The van der Waals surface area contributed by atoms with Crippen molar-refractivity contribution in [3.63, 3.8) is 0 Å². The Bertz CT molecular complexity index is 390. The highest BCUT2D eigenvalue weighted by Gasteiger charge is 2.48. The first kappa shape index (κ1) is 10.8. The van der Waals surface area contributed by atoms with Gasteiger partial charge in [-0.2, -0.15) is 0 Å². The Balaban J connectivity index is 1.54. The summed E-state index contributed by atoms with van der Waals surface area (Å²) in [6.07, 6.45) is 1.19. The zero-order valence-corrected chi connectivity index (χ0v) is 9.76. The van der Waals surface area contributed by atoms with Crippen molar-refractivity contribution >= 4 is 5.97 Å². The van der Waals surface area contributed by atoms with Crippen molar-refractivity contribution in [2.24, 2.45) is 17.8 Å². The Morgan fingerprint density at radius 1 is 1.24 bits per heavy atom. The monoisotopic (exact) mass is 231 g/mol. The van der Waals surface area contributed by atoms with Gasteiger partial charge >= 0.3 is 5.97 Å². The summed E-state index contributed by atoms with van der Waals surface area (Å²) >= 11 is 0. The molecule has 2 atom stereocenters. The molecule has 1 saturated heterocycles. The van der Waals surface area contributed by atoms with Crippen molar-refractivity contribution in [3.8, 4) is 0 Å². The minimum Gasteiger partial charge on any atom is -0.461 e. The maximum Gasteiger partial charge on any atom is 0.309 e. The number of hydrogen-bond donors (Lipinski definition) is 1. The Labute approximate surface area is 101 Å². The van der Waals surface area contributed by atoms with Gasteiger partial charge in [0.15, 0.2) is 0 Å². The smallest absolute Gasteiger partial charge is 0.309 e. The van der Waals surface area contributed by atoms with Crippen LogP contribution in [0.1, 0.15) is 12.0 Å². The van der Waals surface area contributed by atoms with E-state index in [4.69, 9.17) is 4.74 Å². The zero-order chi connectivity index (χ0) is 11.7. The molecule has 0 spiro atoms. The third kappa shape index (κ3) is 2.07. The fourth-order valence-corrected chi connectivity index (χ4v) is 2.96. The molecule has 2 fully saturated rings. The van der Waals surface area contributed by atoms with E-state index in [2.05, 4.69) is 5.32 Å². The quantitative estimate of drug-likeness (QED) is 0.803. The number of rotatable bonds is 3. The number of fused-ring (bicyclic) bond motifs is 2. The van der Waals surface area contributed by atoms with Gasteiger partial charge in [-0.3, -0.25) is 4.79 Å². The largest absolute Gasteiger partial charge is 0.461 e. The minimum absolute atomic E-state index is 0.00315. The van der Waals surface area contributed by atoms with Gasteiger partial charge in [-0.1, -0.05) is 30.3 Å². The standard InChI is InChI=1S/C14H17NO2/c16-14(13-11-6-12(13)8-15-7-11)17-9-10-4-2-1-3-5-10/h1-5,11-13,15H,6-9H2. The van der Waals surface area contributed by atoms with Crippen molar-refractivity contribution in [2.75, 3.05) is 13.1 Å². The van der Waals surface area contributed by atoms with Crippen molar-refractivity contribution < 1.29 is 9.53 Å². The van der Waals surface area contributed by atoms with Gasteiger partial charge < -0.3 is 10.1 Å². The van der Waals surface area contributed by atoms with Gasteiger partial charge in [0.2, 0.25) is 0 Å². The normalized spacial score (nSPS) is 30.5. The molecule has 2 bridgehead atoms. The van der Waals surface area contributed by atoms with E-state index in [0.717, 1.165) is 18.7 Å². The number of carbonyl (C=O) groups is 1. The van der Waals surface area contributed by atoms with Gasteiger partial charge in [-0.15, -0.1) is 0 Å². The van der Waals surface area contributed by atoms with Crippen molar-refractivity contribution in [1.29, 1.82) is 0 Å². The van der Waals surface area contributed by atoms with Gasteiger partial charge in [0.25, 0.3) is 0 Å². The molecule has 1 aromatic rings. The second-order valence-electron chi connectivity index (χ2n) is 5.03. The Hall–Kier alpha value is -1.35. The van der Waals surface area contributed by atoms with E-state index in [9.17, 15) is 4.79 Å². The molecule has 1 N–H and O–H groups in total. The molecular weight excluding hydrogens is 214 g/mol. The van der Waals surface area contributed by atoms with E-state index < -0.39 is 0 Å². The SMILES string of the molecule is O=C(OCc1ccccc1)C1C2CNCC1C2. The minimum atomic E-state index is -0.00315. The summed E-state index contributed by atoms with van der Waals surface area (Å²) in [5, 5.41) is 3.34. The highest BCUT2D eigenvalue weighted by Crippen LogP contribution is 2.43. The van der Waals surface area contributed by atoms with E-state index >= 15 is 0 Å². The molecule has 17 heavy (non-hydrogen) atoms. The number of esters is 1. The van der Waals surface area contributed by atoms with Crippen LogP contribution in [0.25, 0.3) is 0 Å². The maximum atomic E-state index is 12.0. The molecular formula is C14H17NO2. The van der Waals surface area contributed by atoms with Crippen LogP contribution in [0.15, 0.2) is 30.3 Å². The summed E-state index contributed by atoms with van der Waals surface area (Å²) in [7, 11) is 0. The fourth-order valence-electron chi connectivity index (χ4n) is 2.96. The van der Waals surface area contributed by atoms with Gasteiger partial charge in [-0.05, 0) is 36.9 Å². The van der Waals surface area contributed by atoms with Crippen LogP contribution < -0.4 is 5.32 Å². The molecule has 2 aliphatic rings. The van der Waals surface area contributed by atoms with E-state index in [-0.39, 0.29) is 11.9 Å². The molecule has 90 valence electrons. The van der Waals surface area contributed by atoms with Crippen LogP contribution in [0.4, 0.5) is 0 Å². The van der Waals surface area contributed by atoms with Crippen molar-refractivity contribution in [1.82, 2.24) is 5.32 Å². The lowest BCUT2D eigenvalue weighted by atomic mass is 9.62. The van der Waals surface area contributed by atoms with Crippen molar-refractivity contribution in [2.45, 2.75) is 13.0 Å². The zero-order valence-electron chi connectivity index (χ0n) is 9.76. The van der Waals surface area contributed by atoms with E-state index in [0.29, 0.717) is 18.4 Å². The third-order valence-corrected chi connectivity index (χ3v) is 3.93. The predicted octanol–water partition coefficient (Wildman–Crippen LogP) is 1.59. The molecule has 1 aliphatic heterocycles. The van der Waals surface area contributed by atoms with Crippen LogP contribution in [0.3, 0.4) is 0 Å². The highest BCUT2D eigenvalue weighted by molar-refractivity contribution is 5.74. The van der Waals surface area contributed by atoms with Gasteiger partial charge in [0, 0.05) is 0 Å². The lowest BCUT2D eigenvalue weighted by Gasteiger charge is -2.47. The van der Waals surface area contributed by atoms with Crippen LogP contribution in [-0.4, -0.2) is 19.1 Å². The van der Waals surface area contributed by atoms with Crippen LogP contribution in [-0.2, 0) is 16.1 Å². The summed E-state index contributed by atoms with van der Waals surface area (Å²) in [5.74, 6) is 1.17. The van der Waals surface area contributed by atoms with Crippen molar-refractivity contribution in [3.05, 3.63) is 35.9 Å². The molecule has 1 saturated carbocycles. The second kappa shape index (κ2) is 4.49. The average Bonchev–Trinajstić information content (AvgIpc) is 2.38. The van der Waals surface area contributed by atoms with Gasteiger partial charge in [0.05, 0.1) is 5.92 Å². The van der Waals surface area contributed by atoms with Crippen LogP contribution in [0.5, 0.6) is 0 Å². The van der Waals surface area contributed by atoms with Crippen LogP contribution in [0, 0.1) is 17.8 Å². The number of nitrogens with one attached hydrogen (secondary N) is 1. The highest BCUT2D eigenvalue weighted by atomic mass is 16.5. The first-order valence-electron chi connectivity index (χ1n) is 6.26. The molecule has 0 aromatic heterocycles. The topological polar surface area (TPSA) is 38.3 Å². The lowest BCUT2D eigenvalue weighted by molar-refractivity contribution is -0.162. The van der Waals surface area contributed by atoms with Crippen LogP contribution >= 0.6 is 0 Å². The molecule has 3 heteroatoms. The molecule has 0 radical (unpaired) electrons. The fraction of sp³-hybridized carbons (Fsp3) is 0.500. The van der Waals surface area contributed by atoms with E-state index in [1.165, 1.54) is 6.42 Å². The van der Waals surface area contributed by atoms with Gasteiger partial charge in [0.1, 0.15) is 6.61 Å². The summed E-state index contributed by atoms with van der Waals surface area (Å²) < 4.78 is 5.40. The molecule has 1 aromatic carbocycles. The number of ether oxygens (including phenoxy) is 1. The summed E-state index contributed by atoms with van der Waals surface area (Å²) in [5.41, 5.74) is 1.06. The molecule has 3 rings (SSSR count). The number of benzene rings is 1. The Kier molecular flexibility index (Phi) is 2.85. The first-order valence-corrected chi connectivity index (χ1v) is 6.26. The molecule has 3 nitrogen and oxygen atoms in total. The number of piperidine rings is 2. The first-order chi connectivity index (χ1) is 8.34. The van der Waals surface area contributed by atoms with Crippen LogP contribution in [0.2, 0.25) is 0 Å². The maximum absolute atomic E-state index is 12.0. The van der Waals surface area contributed by atoms with E-state index in [1.807, 2.05) is 30.3 Å². The van der Waals surface area contributed by atoms with Gasteiger partial charge in [-0.25, -0.2) is 0 Å². The summed E-state index contributed by atoms with van der Waals surface area (Å²) in [4.78, 5) is 12.0. The second-order valence-corrected chi connectivity index (χ2v) is 5.03. The molecule has 0 amide bonds. The summed E-state index contributed by atoms with van der Waals surface area (Å²) in [6.45, 7) is 2.35. The summed E-state index contributed by atoms with van der Waals surface area (Å²) in [6, 6.07) is 9.86. The van der Waals surface area contributed by atoms with E-state index in [1.54, 1.807) is 0 Å². The average molecular weight is 231 g/mol. The molecule has 1 heterocycles.